The lowest BCUT2D eigenvalue weighted by molar-refractivity contribution is 0.586. The van der Waals surface area contributed by atoms with Crippen molar-refractivity contribution in [3.63, 3.8) is 0 Å². The smallest absolute Gasteiger partial charge is 0.0478 e. The van der Waals surface area contributed by atoms with E-state index in [1.807, 2.05) is 11.8 Å². The minimum absolute atomic E-state index is 1.12. The van der Waals surface area contributed by atoms with Crippen molar-refractivity contribution in [1.82, 2.24) is 0 Å². The standard InChI is InChI=1S/C14H28S2/c1-3-5-6-7-8-9-10-11-13-16-14(15)12-4-2/h3-13H2,1-2H3. The van der Waals surface area contributed by atoms with Gasteiger partial charge in [0.2, 0.25) is 0 Å². The monoisotopic (exact) mass is 260 g/mol. The number of thioether (sulfide) groups is 1. The van der Waals surface area contributed by atoms with Gasteiger partial charge in [-0.3, -0.25) is 0 Å². The Morgan fingerprint density at radius 2 is 1.38 bits per heavy atom. The Morgan fingerprint density at radius 3 is 1.94 bits per heavy atom. The van der Waals surface area contributed by atoms with Gasteiger partial charge < -0.3 is 0 Å². The molecule has 0 rings (SSSR count). The first-order valence-electron chi connectivity index (χ1n) is 6.96. The Hall–Kier alpha value is 0.440. The fourth-order valence-electron chi connectivity index (χ4n) is 1.70. The van der Waals surface area contributed by atoms with E-state index < -0.39 is 0 Å². The molecule has 0 saturated heterocycles. The lowest BCUT2D eigenvalue weighted by Gasteiger charge is -2.02. The molecule has 0 atom stereocenters. The Bertz CT molecular complexity index is 155. The molecule has 0 aromatic rings. The van der Waals surface area contributed by atoms with Crippen molar-refractivity contribution in [2.75, 3.05) is 5.75 Å². The maximum Gasteiger partial charge on any atom is 0.0478 e. The van der Waals surface area contributed by atoms with Gasteiger partial charge in [0.05, 0.1) is 0 Å². The van der Waals surface area contributed by atoms with E-state index in [9.17, 15) is 0 Å². The lowest BCUT2D eigenvalue weighted by Crippen LogP contribution is -1.90. The largest absolute Gasteiger partial charge is 0.119 e. The van der Waals surface area contributed by atoms with E-state index in [4.69, 9.17) is 12.2 Å². The van der Waals surface area contributed by atoms with Crippen LogP contribution in [0.2, 0.25) is 0 Å². The molecule has 0 unspecified atom stereocenters. The van der Waals surface area contributed by atoms with E-state index >= 15 is 0 Å². The summed E-state index contributed by atoms with van der Waals surface area (Å²) in [6, 6.07) is 0. The second-order valence-electron chi connectivity index (χ2n) is 4.45. The quantitative estimate of drug-likeness (QED) is 0.331. The second-order valence-corrected chi connectivity index (χ2v) is 6.39. The van der Waals surface area contributed by atoms with Gasteiger partial charge in [0.25, 0.3) is 0 Å². The van der Waals surface area contributed by atoms with E-state index in [0.717, 1.165) is 6.42 Å². The third kappa shape index (κ3) is 12.5. The first kappa shape index (κ1) is 16.4. The molecule has 0 nitrogen and oxygen atoms in total. The highest BCUT2D eigenvalue weighted by Crippen LogP contribution is 2.14. The predicted octanol–water partition coefficient (Wildman–Crippen LogP) is 5.99. The summed E-state index contributed by atoms with van der Waals surface area (Å²) in [7, 11) is 0. The molecule has 0 N–H and O–H groups in total. The van der Waals surface area contributed by atoms with E-state index in [2.05, 4.69) is 13.8 Å². The van der Waals surface area contributed by atoms with Gasteiger partial charge in [-0.1, -0.05) is 77.4 Å². The molecule has 0 saturated carbocycles. The van der Waals surface area contributed by atoms with Crippen LogP contribution >= 0.6 is 24.0 Å². The number of hydrogen-bond donors (Lipinski definition) is 0. The Labute approximate surface area is 112 Å². The van der Waals surface area contributed by atoms with Crippen LogP contribution in [0.1, 0.15) is 78.1 Å². The number of hydrogen-bond acceptors (Lipinski definition) is 2. The van der Waals surface area contributed by atoms with E-state index in [-0.39, 0.29) is 0 Å². The van der Waals surface area contributed by atoms with Gasteiger partial charge in [0.1, 0.15) is 0 Å². The molecule has 0 amide bonds. The van der Waals surface area contributed by atoms with Crippen LogP contribution in [-0.2, 0) is 0 Å². The molecule has 2 heteroatoms. The highest BCUT2D eigenvalue weighted by Gasteiger charge is 1.96. The van der Waals surface area contributed by atoms with Crippen LogP contribution in [0.5, 0.6) is 0 Å². The summed E-state index contributed by atoms with van der Waals surface area (Å²) in [5.74, 6) is 1.24. The van der Waals surface area contributed by atoms with E-state index in [1.165, 1.54) is 67.7 Å². The van der Waals surface area contributed by atoms with Crippen molar-refractivity contribution in [1.29, 1.82) is 0 Å². The van der Waals surface area contributed by atoms with Crippen LogP contribution < -0.4 is 0 Å². The molecule has 0 aliphatic rings. The maximum atomic E-state index is 5.26. The van der Waals surface area contributed by atoms with Crippen molar-refractivity contribution in [3.8, 4) is 0 Å². The molecule has 0 heterocycles. The Balaban J connectivity index is 3.01. The summed E-state index contributed by atoms with van der Waals surface area (Å²) in [6.07, 6.45) is 13.6. The molecule has 0 aromatic carbocycles. The van der Waals surface area contributed by atoms with Crippen molar-refractivity contribution in [3.05, 3.63) is 0 Å². The summed E-state index contributed by atoms with van der Waals surface area (Å²) in [5.41, 5.74) is 0. The SMILES string of the molecule is CCCCCCCCCCSC(=S)CCC. The van der Waals surface area contributed by atoms with Gasteiger partial charge in [-0.2, -0.15) is 0 Å². The fourth-order valence-corrected chi connectivity index (χ4v) is 3.08. The highest BCUT2D eigenvalue weighted by molar-refractivity contribution is 8.23. The maximum absolute atomic E-state index is 5.26. The summed E-state index contributed by atoms with van der Waals surface area (Å²) >= 11 is 7.17. The molecule has 16 heavy (non-hydrogen) atoms. The van der Waals surface area contributed by atoms with E-state index in [1.54, 1.807) is 0 Å². The predicted molar refractivity (Wildman–Crippen MR) is 82.6 cm³/mol. The topological polar surface area (TPSA) is 0 Å². The number of unbranched alkanes of at least 4 members (excludes halogenated alkanes) is 7. The zero-order valence-electron chi connectivity index (χ0n) is 11.1. The van der Waals surface area contributed by atoms with Crippen LogP contribution in [0.4, 0.5) is 0 Å². The molecule has 0 aliphatic carbocycles. The van der Waals surface area contributed by atoms with Gasteiger partial charge in [0, 0.05) is 4.20 Å². The summed E-state index contributed by atoms with van der Waals surface area (Å²) < 4.78 is 1.21. The van der Waals surface area contributed by atoms with Crippen molar-refractivity contribution in [2.45, 2.75) is 78.1 Å². The van der Waals surface area contributed by atoms with Gasteiger partial charge in [-0.15, -0.1) is 11.8 Å². The normalized spacial score (nSPS) is 10.6. The second kappa shape index (κ2) is 13.5. The minimum Gasteiger partial charge on any atom is -0.119 e. The van der Waals surface area contributed by atoms with Crippen LogP contribution in [0.15, 0.2) is 0 Å². The molecule has 0 aliphatic heterocycles. The van der Waals surface area contributed by atoms with Crippen molar-refractivity contribution >= 4 is 28.2 Å². The summed E-state index contributed by atoms with van der Waals surface area (Å²) in [5, 5.41) is 0. The van der Waals surface area contributed by atoms with Crippen molar-refractivity contribution < 1.29 is 0 Å². The number of thiocarbonyl (C=S) groups is 1. The fraction of sp³-hybridized carbons (Fsp3) is 0.929. The molecule has 0 spiro atoms. The zero-order chi connectivity index (χ0) is 12.1. The lowest BCUT2D eigenvalue weighted by atomic mass is 10.1. The summed E-state index contributed by atoms with van der Waals surface area (Å²) in [6.45, 7) is 4.47. The van der Waals surface area contributed by atoms with Gasteiger partial charge >= 0.3 is 0 Å². The third-order valence-corrected chi connectivity index (χ3v) is 4.29. The first-order chi connectivity index (χ1) is 7.81. The van der Waals surface area contributed by atoms with Crippen LogP contribution in [0.25, 0.3) is 0 Å². The summed E-state index contributed by atoms with van der Waals surface area (Å²) in [4.78, 5) is 0. The first-order valence-corrected chi connectivity index (χ1v) is 8.36. The highest BCUT2D eigenvalue weighted by atomic mass is 32.2. The molecule has 0 radical (unpaired) electrons. The van der Waals surface area contributed by atoms with Crippen LogP contribution in [0, 0.1) is 0 Å². The van der Waals surface area contributed by atoms with Gasteiger partial charge in [0.15, 0.2) is 0 Å². The van der Waals surface area contributed by atoms with Gasteiger partial charge in [-0.05, 0) is 18.6 Å². The van der Waals surface area contributed by atoms with E-state index in [0.29, 0.717) is 0 Å². The Kier molecular flexibility index (Phi) is 13.9. The Morgan fingerprint density at radius 1 is 0.812 bits per heavy atom. The molecular weight excluding hydrogens is 232 g/mol. The molecular formula is C14H28S2. The average molecular weight is 261 g/mol. The molecule has 96 valence electrons. The molecule has 0 bridgehead atoms. The zero-order valence-corrected chi connectivity index (χ0v) is 12.7. The van der Waals surface area contributed by atoms with Crippen molar-refractivity contribution in [2.24, 2.45) is 0 Å². The average Bonchev–Trinajstić information content (AvgIpc) is 2.27. The van der Waals surface area contributed by atoms with Gasteiger partial charge in [-0.25, -0.2) is 0 Å². The van der Waals surface area contributed by atoms with Crippen LogP contribution in [-0.4, -0.2) is 9.95 Å². The minimum atomic E-state index is 1.12. The molecule has 0 aromatic heterocycles. The third-order valence-electron chi connectivity index (χ3n) is 2.72. The molecule has 0 fully saturated rings. The van der Waals surface area contributed by atoms with Crippen LogP contribution in [0.3, 0.4) is 0 Å². The number of rotatable bonds is 11.